The summed E-state index contributed by atoms with van der Waals surface area (Å²) in [5.74, 6) is -0.0991. The summed E-state index contributed by atoms with van der Waals surface area (Å²) in [6.45, 7) is 2.33. The summed E-state index contributed by atoms with van der Waals surface area (Å²) < 4.78 is 12.6. The van der Waals surface area contributed by atoms with Crippen LogP contribution in [0, 0.1) is 0 Å². The lowest BCUT2D eigenvalue weighted by molar-refractivity contribution is -0.123. The molecule has 0 saturated carbocycles. The molecule has 0 spiro atoms. The van der Waals surface area contributed by atoms with Crippen molar-refractivity contribution in [1.29, 1.82) is 0 Å². The molecule has 0 saturated heterocycles. The first-order valence-electron chi connectivity index (χ1n) is 10.7. The average Bonchev–Trinajstić information content (AvgIpc) is 3.29. The molecule has 9 heteroatoms. The zero-order chi connectivity index (χ0) is 23.4. The fourth-order valence-electron chi connectivity index (χ4n) is 3.80. The molecule has 1 aliphatic rings. The Morgan fingerprint density at radius 2 is 1.88 bits per heavy atom. The number of pyridine rings is 1. The van der Waals surface area contributed by atoms with E-state index in [1.54, 1.807) is 16.7 Å². The topological polar surface area (TPSA) is 119 Å². The van der Waals surface area contributed by atoms with Gasteiger partial charge in [-0.1, -0.05) is 30.3 Å². The van der Waals surface area contributed by atoms with Gasteiger partial charge in [0.2, 0.25) is 18.1 Å². The molecule has 1 atom stereocenters. The van der Waals surface area contributed by atoms with Crippen molar-refractivity contribution in [3.8, 4) is 11.5 Å². The van der Waals surface area contributed by atoms with E-state index in [2.05, 4.69) is 10.6 Å². The van der Waals surface area contributed by atoms with Gasteiger partial charge in [0.05, 0.1) is 17.5 Å². The Balaban J connectivity index is 1.68. The van der Waals surface area contributed by atoms with Gasteiger partial charge >= 0.3 is 0 Å². The van der Waals surface area contributed by atoms with Crippen LogP contribution in [0.3, 0.4) is 0 Å². The number of hydrogen-bond donors (Lipinski definition) is 3. The van der Waals surface area contributed by atoms with E-state index in [9.17, 15) is 14.4 Å². The molecular formula is C24H25N3O6. The molecule has 3 N–H and O–H groups in total. The maximum Gasteiger partial charge on any atom is 0.257 e. The van der Waals surface area contributed by atoms with E-state index in [-0.39, 0.29) is 31.9 Å². The number of rotatable bonds is 8. The molecule has 0 fully saturated rings. The summed E-state index contributed by atoms with van der Waals surface area (Å²) >= 11 is 0. The van der Waals surface area contributed by atoms with Gasteiger partial charge in [-0.15, -0.1) is 0 Å². The van der Waals surface area contributed by atoms with Gasteiger partial charge < -0.3 is 29.8 Å². The number of carbonyl (C=O) groups is 2. The van der Waals surface area contributed by atoms with Crippen molar-refractivity contribution in [2.24, 2.45) is 0 Å². The van der Waals surface area contributed by atoms with Crippen LogP contribution in [0.1, 0.15) is 22.8 Å². The zero-order valence-corrected chi connectivity index (χ0v) is 18.2. The van der Waals surface area contributed by atoms with Crippen LogP contribution >= 0.6 is 0 Å². The fraction of sp³-hybridized carbons (Fsp3) is 0.292. The Labute approximate surface area is 189 Å². The number of nitrogens with one attached hydrogen (secondary N) is 2. The molecule has 4 rings (SSSR count). The van der Waals surface area contributed by atoms with Crippen LogP contribution in [-0.2, 0) is 17.8 Å². The largest absolute Gasteiger partial charge is 0.454 e. The normalized spacial score (nSPS) is 13.0. The number of fused-ring (bicyclic) bond motifs is 2. The van der Waals surface area contributed by atoms with Crippen molar-refractivity contribution >= 4 is 22.7 Å². The van der Waals surface area contributed by atoms with Crippen LogP contribution in [0.4, 0.5) is 0 Å². The van der Waals surface area contributed by atoms with E-state index in [4.69, 9.17) is 14.6 Å². The summed E-state index contributed by atoms with van der Waals surface area (Å²) in [5.41, 5.74) is 0.944. The summed E-state index contributed by atoms with van der Waals surface area (Å²) in [5, 5.41) is 14.7. The minimum atomic E-state index is -0.923. The Kier molecular flexibility index (Phi) is 6.60. The first-order valence-corrected chi connectivity index (χ1v) is 10.7. The second-order valence-corrected chi connectivity index (χ2v) is 7.61. The molecule has 0 aliphatic carbocycles. The Morgan fingerprint density at radius 3 is 2.58 bits per heavy atom. The Morgan fingerprint density at radius 1 is 1.15 bits per heavy atom. The molecule has 2 aromatic carbocycles. The van der Waals surface area contributed by atoms with Gasteiger partial charge in [0.15, 0.2) is 11.5 Å². The molecular weight excluding hydrogens is 426 g/mol. The molecule has 172 valence electrons. The average molecular weight is 451 g/mol. The van der Waals surface area contributed by atoms with Crippen molar-refractivity contribution in [1.82, 2.24) is 15.2 Å². The Bertz CT molecular complexity index is 1240. The minimum Gasteiger partial charge on any atom is -0.454 e. The van der Waals surface area contributed by atoms with Crippen LogP contribution in [0.15, 0.2) is 53.5 Å². The van der Waals surface area contributed by atoms with Gasteiger partial charge in [0, 0.05) is 31.8 Å². The van der Waals surface area contributed by atoms with Crippen molar-refractivity contribution in [2.75, 3.05) is 19.9 Å². The van der Waals surface area contributed by atoms with E-state index in [1.165, 1.54) is 6.20 Å². The minimum absolute atomic E-state index is 0.0613. The molecule has 33 heavy (non-hydrogen) atoms. The first kappa shape index (κ1) is 22.3. The second kappa shape index (κ2) is 9.74. The molecule has 1 aromatic heterocycles. The van der Waals surface area contributed by atoms with E-state index < -0.39 is 23.3 Å². The highest BCUT2D eigenvalue weighted by molar-refractivity contribution is 6.00. The highest BCUT2D eigenvalue weighted by Crippen LogP contribution is 2.35. The number of hydrogen-bond acceptors (Lipinski definition) is 6. The molecule has 0 radical (unpaired) electrons. The SMILES string of the molecule is CCn1cc(C(=O)N[C@@H](Cc2ccccc2)C(=O)NCCO)c(=O)c2cc3c(cc21)OCO3. The number of aliphatic hydroxyl groups is 1. The highest BCUT2D eigenvalue weighted by atomic mass is 16.7. The van der Waals surface area contributed by atoms with Gasteiger partial charge in [-0.2, -0.15) is 0 Å². The first-order chi connectivity index (χ1) is 16.0. The third-order valence-corrected chi connectivity index (χ3v) is 5.48. The predicted octanol–water partition coefficient (Wildman–Crippen LogP) is 1.20. The smallest absolute Gasteiger partial charge is 0.257 e. The van der Waals surface area contributed by atoms with Gasteiger partial charge in [-0.05, 0) is 18.6 Å². The van der Waals surface area contributed by atoms with Crippen molar-refractivity contribution < 1.29 is 24.2 Å². The number of carbonyl (C=O) groups excluding carboxylic acids is 2. The Hall–Kier alpha value is -3.85. The van der Waals surface area contributed by atoms with E-state index in [0.717, 1.165) is 5.56 Å². The predicted molar refractivity (Wildman–Crippen MR) is 122 cm³/mol. The third-order valence-electron chi connectivity index (χ3n) is 5.48. The summed E-state index contributed by atoms with van der Waals surface area (Å²) in [4.78, 5) is 39.1. The molecule has 2 heterocycles. The van der Waals surface area contributed by atoms with Crippen molar-refractivity contribution in [3.63, 3.8) is 0 Å². The quantitative estimate of drug-likeness (QED) is 0.474. The number of aliphatic hydroxyl groups excluding tert-OH is 1. The monoisotopic (exact) mass is 451 g/mol. The number of aryl methyl sites for hydroxylation is 1. The van der Waals surface area contributed by atoms with Crippen LogP contribution in [0.5, 0.6) is 11.5 Å². The van der Waals surface area contributed by atoms with Gasteiger partial charge in [0.25, 0.3) is 5.91 Å². The van der Waals surface area contributed by atoms with Gasteiger partial charge in [-0.3, -0.25) is 14.4 Å². The second-order valence-electron chi connectivity index (χ2n) is 7.61. The van der Waals surface area contributed by atoms with Crippen molar-refractivity contribution in [3.05, 3.63) is 70.0 Å². The van der Waals surface area contributed by atoms with Crippen LogP contribution in [0.2, 0.25) is 0 Å². The molecule has 2 amide bonds. The van der Waals surface area contributed by atoms with Gasteiger partial charge in [0.1, 0.15) is 11.6 Å². The number of amides is 2. The lowest BCUT2D eigenvalue weighted by Crippen LogP contribution is -2.49. The third kappa shape index (κ3) is 4.68. The molecule has 3 aromatic rings. The number of aromatic nitrogens is 1. The lowest BCUT2D eigenvalue weighted by atomic mass is 10.0. The van der Waals surface area contributed by atoms with E-state index >= 15 is 0 Å². The zero-order valence-electron chi connectivity index (χ0n) is 18.2. The van der Waals surface area contributed by atoms with Crippen LogP contribution in [0.25, 0.3) is 10.9 Å². The highest BCUT2D eigenvalue weighted by Gasteiger charge is 2.25. The summed E-state index contributed by atoms with van der Waals surface area (Å²) in [6.07, 6.45) is 1.73. The molecule has 9 nitrogen and oxygen atoms in total. The summed E-state index contributed by atoms with van der Waals surface area (Å²) in [6, 6.07) is 11.6. The number of nitrogens with zero attached hydrogens (tertiary/aromatic N) is 1. The summed E-state index contributed by atoms with van der Waals surface area (Å²) in [7, 11) is 0. The lowest BCUT2D eigenvalue weighted by Gasteiger charge is -2.19. The van der Waals surface area contributed by atoms with Crippen LogP contribution < -0.4 is 25.5 Å². The maximum absolute atomic E-state index is 13.2. The standard InChI is InChI=1S/C24H25N3O6/c1-2-27-13-17(22(29)16-11-20-21(12-19(16)27)33-14-32-20)23(30)26-18(24(31)25-8-9-28)10-15-6-4-3-5-7-15/h3-7,11-13,18,28H,2,8-10,14H2,1H3,(H,25,31)(H,26,30)/t18-/m0/s1. The fourth-order valence-corrected chi connectivity index (χ4v) is 3.80. The van der Waals surface area contributed by atoms with Crippen molar-refractivity contribution in [2.45, 2.75) is 25.9 Å². The van der Waals surface area contributed by atoms with Crippen LogP contribution in [-0.4, -0.2) is 47.5 Å². The maximum atomic E-state index is 13.2. The van der Waals surface area contributed by atoms with E-state index in [1.807, 2.05) is 37.3 Å². The van der Waals surface area contributed by atoms with E-state index in [0.29, 0.717) is 28.9 Å². The molecule has 0 unspecified atom stereocenters. The van der Waals surface area contributed by atoms with Gasteiger partial charge in [-0.25, -0.2) is 0 Å². The number of ether oxygens (including phenoxy) is 2. The number of benzene rings is 2. The molecule has 1 aliphatic heterocycles. The molecule has 0 bridgehead atoms.